The number of ether oxygens (including phenoxy) is 1. The molecule has 0 aliphatic heterocycles. The number of halogens is 1. The summed E-state index contributed by atoms with van der Waals surface area (Å²) in [5, 5.41) is 0. The maximum atomic E-state index is 13.6. The third-order valence-corrected chi connectivity index (χ3v) is 3.23. The van der Waals surface area contributed by atoms with Gasteiger partial charge in [0.15, 0.2) is 5.82 Å². The molecule has 2 aromatic rings. The molecule has 0 spiro atoms. The predicted octanol–water partition coefficient (Wildman–Crippen LogP) is 4.44. The second kappa shape index (κ2) is 8.35. The number of hydrogen-bond donors (Lipinski definition) is 0. The molecule has 0 N–H and O–H groups in total. The van der Waals surface area contributed by atoms with E-state index in [0.717, 1.165) is 24.8 Å². The van der Waals surface area contributed by atoms with E-state index < -0.39 is 6.17 Å². The van der Waals surface area contributed by atoms with Crippen LogP contribution in [-0.4, -0.2) is 22.7 Å². The van der Waals surface area contributed by atoms with Gasteiger partial charge in [0.2, 0.25) is 0 Å². The zero-order valence-electron chi connectivity index (χ0n) is 12.3. The number of nitrogens with zero attached hydrogens (tertiary/aromatic N) is 2. The van der Waals surface area contributed by atoms with Crippen molar-refractivity contribution in [2.24, 2.45) is 0 Å². The minimum atomic E-state index is -0.895. The Kier molecular flexibility index (Phi) is 6.13. The third kappa shape index (κ3) is 5.14. The van der Waals surface area contributed by atoms with Crippen LogP contribution in [0.15, 0.2) is 42.7 Å². The molecule has 1 heterocycles. The Labute approximate surface area is 125 Å². The number of alkyl halides is 1. The van der Waals surface area contributed by atoms with Gasteiger partial charge in [-0.05, 0) is 36.8 Å². The minimum Gasteiger partial charge on any atom is -0.491 e. The van der Waals surface area contributed by atoms with Crippen LogP contribution in [0.1, 0.15) is 32.6 Å². The number of rotatable bonds is 8. The van der Waals surface area contributed by atoms with Crippen molar-refractivity contribution in [2.45, 2.75) is 38.8 Å². The highest BCUT2D eigenvalue weighted by atomic mass is 19.1. The molecule has 0 saturated carbocycles. The van der Waals surface area contributed by atoms with Crippen molar-refractivity contribution < 1.29 is 9.13 Å². The molecule has 0 bridgehead atoms. The first kappa shape index (κ1) is 15.4. The van der Waals surface area contributed by atoms with Crippen LogP contribution < -0.4 is 4.74 Å². The summed E-state index contributed by atoms with van der Waals surface area (Å²) in [5.74, 6) is 1.35. The highest BCUT2D eigenvalue weighted by Crippen LogP contribution is 2.19. The summed E-state index contributed by atoms with van der Waals surface area (Å²) in [7, 11) is 0. The van der Waals surface area contributed by atoms with Gasteiger partial charge >= 0.3 is 0 Å². The lowest BCUT2D eigenvalue weighted by Gasteiger charge is -2.10. The van der Waals surface area contributed by atoms with E-state index in [-0.39, 0.29) is 6.61 Å². The first-order valence-corrected chi connectivity index (χ1v) is 7.44. The highest BCUT2D eigenvalue weighted by molar-refractivity contribution is 5.55. The number of hydrogen-bond acceptors (Lipinski definition) is 3. The molecular formula is C17H21FN2O. The lowest BCUT2D eigenvalue weighted by Crippen LogP contribution is -2.12. The summed E-state index contributed by atoms with van der Waals surface area (Å²) in [5.41, 5.74) is 0.919. The van der Waals surface area contributed by atoms with Crippen molar-refractivity contribution in [2.75, 3.05) is 6.61 Å². The summed E-state index contributed by atoms with van der Waals surface area (Å²) in [4.78, 5) is 8.37. The van der Waals surface area contributed by atoms with Crippen LogP contribution in [0, 0.1) is 0 Å². The van der Waals surface area contributed by atoms with Crippen LogP contribution in [0.3, 0.4) is 0 Å². The number of unbranched alkanes of at least 4 members (excludes halogenated alkanes) is 2. The summed E-state index contributed by atoms with van der Waals surface area (Å²) in [6.07, 6.45) is 6.19. The SMILES string of the molecule is CCCCC[C@@H](F)COc1ccc(-c2ncccn2)cc1. The minimum absolute atomic E-state index is 0.116. The Morgan fingerprint density at radius 1 is 1.10 bits per heavy atom. The average molecular weight is 288 g/mol. The summed E-state index contributed by atoms with van der Waals surface area (Å²) >= 11 is 0. The molecule has 1 aromatic carbocycles. The quantitative estimate of drug-likeness (QED) is 0.673. The van der Waals surface area contributed by atoms with E-state index in [1.807, 2.05) is 24.3 Å². The van der Waals surface area contributed by atoms with Crippen molar-refractivity contribution in [3.8, 4) is 17.1 Å². The Morgan fingerprint density at radius 3 is 2.48 bits per heavy atom. The fourth-order valence-corrected chi connectivity index (χ4v) is 2.03. The van der Waals surface area contributed by atoms with Gasteiger partial charge in [0, 0.05) is 18.0 Å². The largest absolute Gasteiger partial charge is 0.491 e. The lowest BCUT2D eigenvalue weighted by atomic mass is 10.1. The van der Waals surface area contributed by atoms with Crippen LogP contribution in [0.4, 0.5) is 4.39 Å². The van der Waals surface area contributed by atoms with Crippen LogP contribution in [0.5, 0.6) is 5.75 Å². The number of aromatic nitrogens is 2. The molecule has 3 nitrogen and oxygen atoms in total. The first-order chi connectivity index (χ1) is 10.3. The lowest BCUT2D eigenvalue weighted by molar-refractivity contribution is 0.184. The molecule has 0 fully saturated rings. The molecule has 112 valence electrons. The van der Waals surface area contributed by atoms with Crippen molar-refractivity contribution in [3.63, 3.8) is 0 Å². The van der Waals surface area contributed by atoms with Gasteiger partial charge in [0.25, 0.3) is 0 Å². The van der Waals surface area contributed by atoms with Crippen molar-refractivity contribution >= 4 is 0 Å². The molecule has 0 radical (unpaired) electrons. The average Bonchev–Trinajstić information content (AvgIpc) is 2.54. The molecule has 0 saturated heterocycles. The molecule has 4 heteroatoms. The molecule has 0 amide bonds. The van der Waals surface area contributed by atoms with Gasteiger partial charge in [0.1, 0.15) is 18.5 Å². The summed E-state index contributed by atoms with van der Waals surface area (Å²) in [6.45, 7) is 2.23. The van der Waals surface area contributed by atoms with Gasteiger partial charge < -0.3 is 4.74 Å². The topological polar surface area (TPSA) is 35.0 Å². The van der Waals surface area contributed by atoms with Crippen molar-refractivity contribution in [3.05, 3.63) is 42.7 Å². The predicted molar refractivity (Wildman–Crippen MR) is 82.0 cm³/mol. The monoisotopic (exact) mass is 288 g/mol. The van der Waals surface area contributed by atoms with E-state index >= 15 is 0 Å². The van der Waals surface area contributed by atoms with Crippen molar-refractivity contribution in [1.29, 1.82) is 0 Å². The molecule has 21 heavy (non-hydrogen) atoms. The van der Waals surface area contributed by atoms with E-state index in [2.05, 4.69) is 16.9 Å². The highest BCUT2D eigenvalue weighted by Gasteiger charge is 2.07. The molecule has 0 aliphatic carbocycles. The van der Waals surface area contributed by atoms with E-state index in [1.165, 1.54) is 0 Å². The van der Waals surface area contributed by atoms with Gasteiger partial charge in [0.05, 0.1) is 0 Å². The van der Waals surface area contributed by atoms with Gasteiger partial charge in [-0.3, -0.25) is 0 Å². The normalized spacial score (nSPS) is 12.1. The molecule has 1 atom stereocenters. The van der Waals surface area contributed by atoms with Gasteiger partial charge in [-0.25, -0.2) is 14.4 Å². The van der Waals surface area contributed by atoms with Gasteiger partial charge in [-0.1, -0.05) is 26.2 Å². The molecular weight excluding hydrogens is 267 g/mol. The Bertz CT molecular complexity index is 516. The Morgan fingerprint density at radius 2 is 1.81 bits per heavy atom. The molecule has 0 aliphatic rings. The summed E-state index contributed by atoms with van der Waals surface area (Å²) < 4.78 is 19.1. The van der Waals surface area contributed by atoms with E-state index in [1.54, 1.807) is 18.5 Å². The zero-order valence-corrected chi connectivity index (χ0v) is 12.3. The van der Waals surface area contributed by atoms with E-state index in [9.17, 15) is 4.39 Å². The fraction of sp³-hybridized carbons (Fsp3) is 0.412. The maximum absolute atomic E-state index is 13.6. The van der Waals surface area contributed by atoms with Gasteiger partial charge in [-0.15, -0.1) is 0 Å². The van der Waals surface area contributed by atoms with Crippen LogP contribution in [-0.2, 0) is 0 Å². The molecule has 1 aromatic heterocycles. The van der Waals surface area contributed by atoms with Crippen LogP contribution in [0.25, 0.3) is 11.4 Å². The third-order valence-electron chi connectivity index (χ3n) is 3.23. The Hall–Kier alpha value is -1.97. The second-order valence-electron chi connectivity index (χ2n) is 5.00. The molecule has 0 unspecified atom stereocenters. The second-order valence-corrected chi connectivity index (χ2v) is 5.00. The smallest absolute Gasteiger partial charge is 0.159 e. The van der Waals surface area contributed by atoms with E-state index in [4.69, 9.17) is 4.74 Å². The first-order valence-electron chi connectivity index (χ1n) is 7.44. The van der Waals surface area contributed by atoms with Crippen LogP contribution >= 0.6 is 0 Å². The zero-order chi connectivity index (χ0) is 14.9. The van der Waals surface area contributed by atoms with Crippen LogP contribution in [0.2, 0.25) is 0 Å². The summed E-state index contributed by atoms with van der Waals surface area (Å²) in [6, 6.07) is 9.19. The van der Waals surface area contributed by atoms with Crippen molar-refractivity contribution in [1.82, 2.24) is 9.97 Å². The number of benzene rings is 1. The standard InChI is InChI=1S/C17H21FN2O/c1-2-3-4-6-15(18)13-21-16-9-7-14(8-10-16)17-19-11-5-12-20-17/h5,7-12,15H,2-4,6,13H2,1H3/t15-/m1/s1. The molecule has 2 rings (SSSR count). The fourth-order valence-electron chi connectivity index (χ4n) is 2.03. The maximum Gasteiger partial charge on any atom is 0.159 e. The van der Waals surface area contributed by atoms with E-state index in [0.29, 0.717) is 18.0 Å². The Balaban J connectivity index is 1.83. The van der Waals surface area contributed by atoms with Gasteiger partial charge in [-0.2, -0.15) is 0 Å².